The van der Waals surface area contributed by atoms with Crippen molar-refractivity contribution in [3.63, 3.8) is 0 Å². The molecule has 5 aromatic rings. The second-order valence-corrected chi connectivity index (χ2v) is 8.71. The SMILES string of the molecule is Cc1ccc(Oc2nccc3ccccc23)c2ncccc12.O=C(O)CNC(=O)c1c(Cl)cccc1Cl. The molecule has 5 rings (SSSR count). The summed E-state index contributed by atoms with van der Waals surface area (Å²) in [5.74, 6) is -0.404. The number of pyridine rings is 2. The van der Waals surface area contributed by atoms with Gasteiger partial charge in [-0.3, -0.25) is 14.6 Å². The van der Waals surface area contributed by atoms with Crippen molar-refractivity contribution in [1.82, 2.24) is 15.3 Å². The Morgan fingerprint density at radius 2 is 1.59 bits per heavy atom. The molecule has 2 aromatic heterocycles. The number of hydrogen-bond donors (Lipinski definition) is 2. The van der Waals surface area contributed by atoms with Gasteiger partial charge in [0.1, 0.15) is 12.1 Å². The van der Waals surface area contributed by atoms with Crippen LogP contribution >= 0.6 is 23.2 Å². The van der Waals surface area contributed by atoms with E-state index in [4.69, 9.17) is 33.0 Å². The van der Waals surface area contributed by atoms with E-state index in [1.807, 2.05) is 42.5 Å². The Morgan fingerprint density at radius 3 is 2.35 bits per heavy atom. The van der Waals surface area contributed by atoms with Crippen LogP contribution in [0.25, 0.3) is 21.7 Å². The third-order valence-corrected chi connectivity index (χ3v) is 6.01. The van der Waals surface area contributed by atoms with E-state index in [1.165, 1.54) is 17.7 Å². The van der Waals surface area contributed by atoms with Crippen LogP contribution in [0, 0.1) is 6.92 Å². The lowest BCUT2D eigenvalue weighted by Crippen LogP contribution is -2.29. The van der Waals surface area contributed by atoms with E-state index in [2.05, 4.69) is 34.3 Å². The van der Waals surface area contributed by atoms with Gasteiger partial charge in [-0.25, -0.2) is 4.98 Å². The molecule has 0 bridgehead atoms. The molecule has 3 aromatic carbocycles. The van der Waals surface area contributed by atoms with Gasteiger partial charge in [0.15, 0.2) is 5.75 Å². The van der Waals surface area contributed by atoms with Gasteiger partial charge in [-0.2, -0.15) is 0 Å². The van der Waals surface area contributed by atoms with Crippen LogP contribution < -0.4 is 10.1 Å². The minimum Gasteiger partial charge on any atom is -0.480 e. The van der Waals surface area contributed by atoms with Crippen LogP contribution in [-0.4, -0.2) is 33.5 Å². The molecular formula is C28H21Cl2N3O4. The molecule has 0 aliphatic carbocycles. The summed E-state index contributed by atoms with van der Waals surface area (Å²) in [6.45, 7) is 1.60. The summed E-state index contributed by atoms with van der Waals surface area (Å²) in [6.07, 6.45) is 3.55. The second-order valence-electron chi connectivity index (χ2n) is 7.89. The zero-order chi connectivity index (χ0) is 26.4. The molecule has 0 spiro atoms. The number of carboxylic acid groups (broad SMARTS) is 1. The lowest BCUT2D eigenvalue weighted by molar-refractivity contribution is -0.135. The van der Waals surface area contributed by atoms with Crippen LogP contribution in [-0.2, 0) is 4.79 Å². The number of carbonyl (C=O) groups is 2. The monoisotopic (exact) mass is 533 g/mol. The zero-order valence-electron chi connectivity index (χ0n) is 19.6. The van der Waals surface area contributed by atoms with Gasteiger partial charge in [-0.15, -0.1) is 0 Å². The highest BCUT2D eigenvalue weighted by molar-refractivity contribution is 6.39. The van der Waals surface area contributed by atoms with Crippen LogP contribution in [0.1, 0.15) is 15.9 Å². The van der Waals surface area contributed by atoms with E-state index < -0.39 is 18.4 Å². The molecule has 0 fully saturated rings. The Morgan fingerprint density at radius 1 is 0.865 bits per heavy atom. The van der Waals surface area contributed by atoms with Crippen LogP contribution in [0.5, 0.6) is 11.6 Å². The number of aryl methyl sites for hydroxylation is 1. The number of carbonyl (C=O) groups excluding carboxylic acids is 1. The summed E-state index contributed by atoms with van der Waals surface area (Å²) in [6, 6.07) is 22.6. The van der Waals surface area contributed by atoms with E-state index in [0.717, 1.165) is 27.4 Å². The van der Waals surface area contributed by atoms with Gasteiger partial charge < -0.3 is 15.2 Å². The number of hydrogen-bond acceptors (Lipinski definition) is 5. The fourth-order valence-corrected chi connectivity index (χ4v) is 4.18. The minimum absolute atomic E-state index is 0.0853. The van der Waals surface area contributed by atoms with Crippen molar-refractivity contribution in [2.24, 2.45) is 0 Å². The van der Waals surface area contributed by atoms with Gasteiger partial charge >= 0.3 is 5.97 Å². The number of halogens is 2. The molecule has 0 aliphatic rings. The zero-order valence-corrected chi connectivity index (χ0v) is 21.1. The standard InChI is InChI=1S/C19H14N2O.C9H7Cl2NO3/c1-13-8-9-17(18-15(13)7-4-11-20-18)22-19-16-6-3-2-5-14(16)10-12-21-19;10-5-2-1-3-6(11)8(5)9(15)12-4-7(13)14/h2-12H,1H3;1-3H,4H2,(H,12,15)(H,13,14). The van der Waals surface area contributed by atoms with Crippen molar-refractivity contribution >= 4 is 56.8 Å². The summed E-state index contributed by atoms with van der Waals surface area (Å²) in [7, 11) is 0. The summed E-state index contributed by atoms with van der Waals surface area (Å²) in [4.78, 5) is 30.5. The first-order valence-corrected chi connectivity index (χ1v) is 11.9. The van der Waals surface area contributed by atoms with E-state index in [9.17, 15) is 9.59 Å². The van der Waals surface area contributed by atoms with Crippen LogP contribution in [0.4, 0.5) is 0 Å². The summed E-state index contributed by atoms with van der Waals surface area (Å²) in [5, 5.41) is 14.1. The first-order valence-electron chi connectivity index (χ1n) is 11.1. The van der Waals surface area contributed by atoms with E-state index in [0.29, 0.717) is 5.88 Å². The van der Waals surface area contributed by atoms with Gasteiger partial charge in [0, 0.05) is 23.2 Å². The van der Waals surface area contributed by atoms with Crippen LogP contribution in [0.15, 0.2) is 85.2 Å². The number of rotatable bonds is 5. The molecule has 0 atom stereocenters. The number of nitrogens with one attached hydrogen (secondary N) is 1. The Kier molecular flexibility index (Phi) is 8.18. The lowest BCUT2D eigenvalue weighted by atomic mass is 10.1. The Hall–Kier alpha value is -4.20. The van der Waals surface area contributed by atoms with Gasteiger partial charge in [-0.1, -0.05) is 59.6 Å². The van der Waals surface area contributed by atoms with Crippen molar-refractivity contribution in [1.29, 1.82) is 0 Å². The fourth-order valence-electron chi connectivity index (χ4n) is 3.61. The smallest absolute Gasteiger partial charge is 0.322 e. The third kappa shape index (κ3) is 6.14. The maximum absolute atomic E-state index is 11.4. The largest absolute Gasteiger partial charge is 0.480 e. The second kappa shape index (κ2) is 11.7. The molecule has 37 heavy (non-hydrogen) atoms. The molecule has 2 N–H and O–H groups in total. The number of benzene rings is 3. The Balaban J connectivity index is 0.000000188. The number of nitrogens with zero attached hydrogens (tertiary/aromatic N) is 2. The fraction of sp³-hybridized carbons (Fsp3) is 0.0714. The Labute approximate surface area is 222 Å². The maximum Gasteiger partial charge on any atom is 0.322 e. The third-order valence-electron chi connectivity index (χ3n) is 5.38. The highest BCUT2D eigenvalue weighted by Gasteiger charge is 2.14. The van der Waals surface area contributed by atoms with Crippen LogP contribution in [0.3, 0.4) is 0 Å². The predicted molar refractivity (Wildman–Crippen MR) is 145 cm³/mol. The summed E-state index contributed by atoms with van der Waals surface area (Å²) in [5.41, 5.74) is 2.13. The first kappa shape index (κ1) is 25.9. The minimum atomic E-state index is -1.13. The number of amides is 1. The van der Waals surface area contributed by atoms with E-state index >= 15 is 0 Å². The van der Waals surface area contributed by atoms with Crippen molar-refractivity contribution < 1.29 is 19.4 Å². The molecule has 186 valence electrons. The number of fused-ring (bicyclic) bond motifs is 2. The van der Waals surface area contributed by atoms with Crippen molar-refractivity contribution in [2.75, 3.05) is 6.54 Å². The highest BCUT2D eigenvalue weighted by Crippen LogP contribution is 2.32. The molecule has 7 nitrogen and oxygen atoms in total. The number of carboxylic acids is 1. The summed E-state index contributed by atoms with van der Waals surface area (Å²) < 4.78 is 6.09. The summed E-state index contributed by atoms with van der Waals surface area (Å²) >= 11 is 11.5. The molecule has 0 radical (unpaired) electrons. The maximum atomic E-state index is 11.4. The van der Waals surface area contributed by atoms with Gasteiger partial charge in [-0.05, 0) is 54.3 Å². The number of aliphatic carboxylic acids is 1. The number of ether oxygens (including phenoxy) is 1. The molecule has 0 aliphatic heterocycles. The predicted octanol–water partition coefficient (Wildman–Crippen LogP) is 6.69. The van der Waals surface area contributed by atoms with Crippen molar-refractivity contribution in [3.8, 4) is 11.6 Å². The number of aromatic nitrogens is 2. The molecule has 9 heteroatoms. The van der Waals surface area contributed by atoms with Crippen LogP contribution in [0.2, 0.25) is 10.0 Å². The molecule has 1 amide bonds. The van der Waals surface area contributed by atoms with E-state index in [-0.39, 0.29) is 15.6 Å². The Bertz CT molecular complexity index is 1580. The highest BCUT2D eigenvalue weighted by atomic mass is 35.5. The molecule has 0 unspecified atom stereocenters. The topological polar surface area (TPSA) is 101 Å². The van der Waals surface area contributed by atoms with E-state index in [1.54, 1.807) is 18.5 Å². The van der Waals surface area contributed by atoms with Crippen molar-refractivity contribution in [3.05, 3.63) is 106 Å². The lowest BCUT2D eigenvalue weighted by Gasteiger charge is -2.10. The van der Waals surface area contributed by atoms with Gasteiger partial charge in [0.2, 0.25) is 5.88 Å². The molecule has 0 saturated heterocycles. The normalized spacial score (nSPS) is 10.5. The average Bonchev–Trinajstić information content (AvgIpc) is 2.90. The van der Waals surface area contributed by atoms with Crippen molar-refractivity contribution in [2.45, 2.75) is 6.92 Å². The van der Waals surface area contributed by atoms with Gasteiger partial charge in [0.05, 0.1) is 15.6 Å². The molecule has 2 heterocycles. The molecule has 0 saturated carbocycles. The average molecular weight is 534 g/mol. The quantitative estimate of drug-likeness (QED) is 0.261. The van der Waals surface area contributed by atoms with Gasteiger partial charge in [0.25, 0.3) is 5.91 Å². The molecular weight excluding hydrogens is 513 g/mol. The first-order chi connectivity index (χ1) is 17.8.